The van der Waals surface area contributed by atoms with Gasteiger partial charge in [0, 0.05) is 12.1 Å². The van der Waals surface area contributed by atoms with Crippen LogP contribution in [-0.2, 0) is 20.5 Å². The van der Waals surface area contributed by atoms with Crippen molar-refractivity contribution < 1.29 is 36.3 Å². The number of rotatable bonds is 5. The molecule has 1 N–H and O–H groups in total. The summed E-state index contributed by atoms with van der Waals surface area (Å²) in [6.45, 7) is -0.729. The lowest BCUT2D eigenvalue weighted by molar-refractivity contribution is -0.142. The fourth-order valence-corrected chi connectivity index (χ4v) is 1.91. The Labute approximate surface area is 150 Å². The maximum absolute atomic E-state index is 13.4. The van der Waals surface area contributed by atoms with E-state index in [0.29, 0.717) is 11.6 Å². The molecule has 0 spiro atoms. The van der Waals surface area contributed by atoms with E-state index in [0.717, 1.165) is 42.5 Å². The van der Waals surface area contributed by atoms with E-state index in [1.54, 1.807) is 0 Å². The molecule has 0 fully saturated rings. The van der Waals surface area contributed by atoms with Crippen LogP contribution in [0.5, 0.6) is 0 Å². The average Bonchev–Trinajstić information content (AvgIpc) is 2.60. The molecule has 0 atom stereocenters. The van der Waals surface area contributed by atoms with Crippen LogP contribution in [0.3, 0.4) is 0 Å². The molecule has 2 rings (SSSR count). The van der Waals surface area contributed by atoms with Gasteiger partial charge in [-0.2, -0.15) is 13.2 Å². The zero-order chi connectivity index (χ0) is 20.0. The molecule has 4 nitrogen and oxygen atoms in total. The third-order valence-corrected chi connectivity index (χ3v) is 3.20. The smallest absolute Gasteiger partial charge is 0.416 e. The minimum atomic E-state index is -4.46. The molecule has 9 heteroatoms. The fourth-order valence-electron chi connectivity index (χ4n) is 1.91. The standard InChI is InChI=1S/C18H12F5NO3/c19-13-6-7-15(14(20)9-13)24-16(25)10-27-17(26)8-3-11-1-4-12(5-2-11)18(21,22)23/h1-9H,10H2,(H,24,25)/b8-3+. The van der Waals surface area contributed by atoms with Crippen LogP contribution in [0.4, 0.5) is 27.6 Å². The number of amides is 1. The predicted molar refractivity (Wildman–Crippen MR) is 86.4 cm³/mol. The van der Waals surface area contributed by atoms with Crippen LogP contribution < -0.4 is 5.32 Å². The highest BCUT2D eigenvalue weighted by Crippen LogP contribution is 2.29. The first-order valence-corrected chi connectivity index (χ1v) is 7.42. The van der Waals surface area contributed by atoms with Crippen molar-refractivity contribution in [3.8, 4) is 0 Å². The van der Waals surface area contributed by atoms with Crippen LogP contribution in [0.2, 0.25) is 0 Å². The molecule has 0 radical (unpaired) electrons. The molecule has 0 aliphatic rings. The van der Waals surface area contributed by atoms with Gasteiger partial charge in [0.2, 0.25) is 0 Å². The SMILES string of the molecule is O=C(COC(=O)/C=C/c1ccc(C(F)(F)F)cc1)Nc1ccc(F)cc1F. The summed E-state index contributed by atoms with van der Waals surface area (Å²) in [6, 6.07) is 6.57. The molecule has 1 amide bonds. The topological polar surface area (TPSA) is 55.4 Å². The number of benzene rings is 2. The molecule has 2 aromatic carbocycles. The van der Waals surface area contributed by atoms with Gasteiger partial charge in [0.1, 0.15) is 11.6 Å². The van der Waals surface area contributed by atoms with E-state index in [1.807, 2.05) is 0 Å². The summed E-state index contributed by atoms with van der Waals surface area (Å²) < 4.78 is 68.1. The van der Waals surface area contributed by atoms with E-state index in [4.69, 9.17) is 0 Å². The second-order valence-corrected chi connectivity index (χ2v) is 5.23. The summed E-state index contributed by atoms with van der Waals surface area (Å²) in [5.74, 6) is -3.58. The Morgan fingerprint density at radius 3 is 2.30 bits per heavy atom. The van der Waals surface area contributed by atoms with Crippen molar-refractivity contribution in [2.75, 3.05) is 11.9 Å². The molecule has 0 aliphatic carbocycles. The molecular weight excluding hydrogens is 373 g/mol. The second-order valence-electron chi connectivity index (χ2n) is 5.23. The quantitative estimate of drug-likeness (QED) is 0.477. The Morgan fingerprint density at radius 2 is 1.70 bits per heavy atom. The largest absolute Gasteiger partial charge is 0.452 e. The minimum Gasteiger partial charge on any atom is -0.452 e. The zero-order valence-electron chi connectivity index (χ0n) is 13.5. The van der Waals surface area contributed by atoms with Gasteiger partial charge >= 0.3 is 12.1 Å². The minimum absolute atomic E-state index is 0.280. The summed E-state index contributed by atoms with van der Waals surface area (Å²) in [7, 11) is 0. The lowest BCUT2D eigenvalue weighted by atomic mass is 10.1. The Bertz CT molecular complexity index is 860. The highest BCUT2D eigenvalue weighted by molar-refractivity contribution is 5.94. The maximum Gasteiger partial charge on any atom is 0.416 e. The summed E-state index contributed by atoms with van der Waals surface area (Å²) in [5, 5.41) is 2.10. The number of carbonyl (C=O) groups is 2. The van der Waals surface area contributed by atoms with E-state index in [-0.39, 0.29) is 5.69 Å². The lowest BCUT2D eigenvalue weighted by Crippen LogP contribution is -2.20. The van der Waals surface area contributed by atoms with Crippen molar-refractivity contribution >= 4 is 23.6 Å². The van der Waals surface area contributed by atoms with Gasteiger partial charge < -0.3 is 10.1 Å². The second kappa shape index (κ2) is 8.43. The normalized spacial score (nSPS) is 11.4. The van der Waals surface area contributed by atoms with Gasteiger partial charge in [0.25, 0.3) is 5.91 Å². The van der Waals surface area contributed by atoms with Gasteiger partial charge in [0.05, 0.1) is 11.3 Å². The van der Waals surface area contributed by atoms with Gasteiger partial charge in [-0.05, 0) is 35.9 Å². The van der Waals surface area contributed by atoms with Crippen LogP contribution >= 0.6 is 0 Å². The first-order chi connectivity index (χ1) is 12.6. The van der Waals surface area contributed by atoms with Gasteiger partial charge in [-0.1, -0.05) is 12.1 Å². The molecule has 0 aliphatic heterocycles. The van der Waals surface area contributed by atoms with Crippen molar-refractivity contribution in [2.24, 2.45) is 0 Å². The molecular formula is C18H12F5NO3. The number of esters is 1. The third kappa shape index (κ3) is 6.21. The Kier molecular flexibility index (Phi) is 6.27. The molecule has 0 saturated heterocycles. The van der Waals surface area contributed by atoms with E-state index >= 15 is 0 Å². The van der Waals surface area contributed by atoms with Gasteiger partial charge in [-0.15, -0.1) is 0 Å². The predicted octanol–water partition coefficient (Wildman–Crippen LogP) is 4.18. The first kappa shape index (κ1) is 20.1. The number of carbonyl (C=O) groups excluding carboxylic acids is 2. The van der Waals surface area contributed by atoms with Crippen LogP contribution in [-0.4, -0.2) is 18.5 Å². The van der Waals surface area contributed by atoms with Crippen molar-refractivity contribution in [3.05, 3.63) is 71.3 Å². The highest BCUT2D eigenvalue weighted by atomic mass is 19.4. The van der Waals surface area contributed by atoms with E-state index in [1.165, 1.54) is 6.08 Å². The molecule has 142 valence electrons. The van der Waals surface area contributed by atoms with Crippen molar-refractivity contribution in [3.63, 3.8) is 0 Å². The molecule has 2 aromatic rings. The Balaban J connectivity index is 1.84. The van der Waals surface area contributed by atoms with Crippen LogP contribution in [0, 0.1) is 11.6 Å². The monoisotopic (exact) mass is 385 g/mol. The van der Waals surface area contributed by atoms with Gasteiger partial charge in [-0.3, -0.25) is 4.79 Å². The van der Waals surface area contributed by atoms with Crippen molar-refractivity contribution in [1.82, 2.24) is 0 Å². The molecule has 0 heterocycles. The molecule has 27 heavy (non-hydrogen) atoms. The van der Waals surface area contributed by atoms with Crippen LogP contribution in [0.15, 0.2) is 48.5 Å². The maximum atomic E-state index is 13.4. The summed E-state index contributed by atoms with van der Waals surface area (Å²) in [4.78, 5) is 23.1. The Morgan fingerprint density at radius 1 is 1.04 bits per heavy atom. The molecule has 0 saturated carbocycles. The number of alkyl halides is 3. The summed E-state index contributed by atoms with van der Waals surface area (Å²) in [6.07, 6.45) is -2.33. The van der Waals surface area contributed by atoms with Crippen molar-refractivity contribution in [1.29, 1.82) is 0 Å². The third-order valence-electron chi connectivity index (χ3n) is 3.20. The Hall–Kier alpha value is -3.23. The molecule has 0 bridgehead atoms. The number of anilines is 1. The van der Waals surface area contributed by atoms with Crippen LogP contribution in [0.1, 0.15) is 11.1 Å². The molecule has 0 unspecified atom stereocenters. The number of hydrogen-bond acceptors (Lipinski definition) is 3. The van der Waals surface area contributed by atoms with Crippen LogP contribution in [0.25, 0.3) is 6.08 Å². The number of hydrogen-bond donors (Lipinski definition) is 1. The lowest BCUT2D eigenvalue weighted by Gasteiger charge is -2.07. The highest BCUT2D eigenvalue weighted by Gasteiger charge is 2.29. The van der Waals surface area contributed by atoms with Gasteiger partial charge in [-0.25, -0.2) is 13.6 Å². The number of ether oxygens (including phenoxy) is 1. The van der Waals surface area contributed by atoms with E-state index in [2.05, 4.69) is 10.1 Å². The fraction of sp³-hybridized carbons (Fsp3) is 0.111. The summed E-state index contributed by atoms with van der Waals surface area (Å²) >= 11 is 0. The number of nitrogens with one attached hydrogen (secondary N) is 1. The first-order valence-electron chi connectivity index (χ1n) is 7.42. The van der Waals surface area contributed by atoms with Crippen molar-refractivity contribution in [2.45, 2.75) is 6.18 Å². The number of halogens is 5. The summed E-state index contributed by atoms with van der Waals surface area (Å²) in [5.41, 5.74) is -0.789. The molecule has 0 aromatic heterocycles. The van der Waals surface area contributed by atoms with Gasteiger partial charge in [0.15, 0.2) is 6.61 Å². The van der Waals surface area contributed by atoms with E-state index < -0.39 is 41.9 Å². The zero-order valence-corrected chi connectivity index (χ0v) is 13.5. The van der Waals surface area contributed by atoms with E-state index in [9.17, 15) is 31.5 Å². The average molecular weight is 385 g/mol.